The maximum atomic E-state index is 14.0. The molecular formula is C17H10Cl2FN5O. The predicted octanol–water partition coefficient (Wildman–Crippen LogP) is 3.47. The number of hydrogen-bond acceptors (Lipinski definition) is 4. The van der Waals surface area contributed by atoms with Crippen LogP contribution < -0.4 is 5.56 Å². The summed E-state index contributed by atoms with van der Waals surface area (Å²) in [5, 5.41) is 8.66. The van der Waals surface area contributed by atoms with Crippen LogP contribution in [0.5, 0.6) is 0 Å². The standard InChI is InChI=1S/C17H10Cl2FN5O/c18-10-3-1-4-11(7-10)25-16-15(22-23-25)17(26)24(9-21-16)8-12-13(19)5-2-6-14(12)20/h1-7,9H,8H2. The van der Waals surface area contributed by atoms with Crippen molar-refractivity contribution in [3.8, 4) is 5.69 Å². The van der Waals surface area contributed by atoms with Crippen LogP contribution in [0.2, 0.25) is 10.0 Å². The second kappa shape index (κ2) is 6.51. The third kappa shape index (κ3) is 2.85. The molecule has 0 aliphatic rings. The Hall–Kier alpha value is -2.77. The van der Waals surface area contributed by atoms with Crippen molar-refractivity contribution >= 4 is 34.4 Å². The summed E-state index contributed by atoms with van der Waals surface area (Å²) in [5.74, 6) is -0.493. The highest BCUT2D eigenvalue weighted by atomic mass is 35.5. The van der Waals surface area contributed by atoms with Crippen molar-refractivity contribution < 1.29 is 4.39 Å². The number of aromatic nitrogens is 5. The molecule has 26 heavy (non-hydrogen) atoms. The van der Waals surface area contributed by atoms with E-state index >= 15 is 0 Å². The molecule has 2 aromatic carbocycles. The molecule has 2 heterocycles. The number of nitrogens with zero attached hydrogens (tertiary/aromatic N) is 5. The van der Waals surface area contributed by atoms with E-state index in [2.05, 4.69) is 15.3 Å². The van der Waals surface area contributed by atoms with Crippen LogP contribution in [-0.4, -0.2) is 24.5 Å². The maximum Gasteiger partial charge on any atom is 0.283 e. The third-order valence-corrected chi connectivity index (χ3v) is 4.46. The topological polar surface area (TPSA) is 65.6 Å². The van der Waals surface area contributed by atoms with Gasteiger partial charge in [0.15, 0.2) is 11.2 Å². The summed E-state index contributed by atoms with van der Waals surface area (Å²) in [6.07, 6.45) is 1.32. The van der Waals surface area contributed by atoms with Crippen LogP contribution in [0.25, 0.3) is 16.9 Å². The van der Waals surface area contributed by atoms with Crippen LogP contribution >= 0.6 is 23.2 Å². The van der Waals surface area contributed by atoms with Gasteiger partial charge in [0, 0.05) is 15.6 Å². The van der Waals surface area contributed by atoms with Crippen LogP contribution in [0.3, 0.4) is 0 Å². The number of rotatable bonds is 3. The highest BCUT2D eigenvalue weighted by Gasteiger charge is 2.15. The van der Waals surface area contributed by atoms with E-state index in [0.29, 0.717) is 10.7 Å². The predicted molar refractivity (Wildman–Crippen MR) is 96.4 cm³/mol. The summed E-state index contributed by atoms with van der Waals surface area (Å²) < 4.78 is 16.6. The molecule has 2 aromatic heterocycles. The number of benzene rings is 2. The monoisotopic (exact) mass is 389 g/mol. The van der Waals surface area contributed by atoms with Crippen molar-refractivity contribution in [3.05, 3.63) is 80.6 Å². The Balaban J connectivity index is 1.81. The fourth-order valence-corrected chi connectivity index (χ4v) is 3.00. The van der Waals surface area contributed by atoms with Gasteiger partial charge in [-0.25, -0.2) is 9.37 Å². The minimum absolute atomic E-state index is 0.0582. The minimum Gasteiger partial charge on any atom is -0.293 e. The molecule has 4 aromatic rings. The van der Waals surface area contributed by atoms with Gasteiger partial charge < -0.3 is 0 Å². The fourth-order valence-electron chi connectivity index (χ4n) is 2.59. The van der Waals surface area contributed by atoms with Crippen molar-refractivity contribution in [3.63, 3.8) is 0 Å². The molecule has 0 radical (unpaired) electrons. The zero-order valence-electron chi connectivity index (χ0n) is 13.1. The second-order valence-electron chi connectivity index (χ2n) is 5.53. The quantitative estimate of drug-likeness (QED) is 0.537. The molecule has 0 spiro atoms. The molecule has 0 unspecified atom stereocenters. The first kappa shape index (κ1) is 16.7. The first-order valence-electron chi connectivity index (χ1n) is 7.54. The average molecular weight is 390 g/mol. The van der Waals surface area contributed by atoms with Crippen LogP contribution in [0.15, 0.2) is 53.6 Å². The van der Waals surface area contributed by atoms with Crippen LogP contribution in [0.1, 0.15) is 5.56 Å². The zero-order valence-corrected chi connectivity index (χ0v) is 14.6. The minimum atomic E-state index is -0.493. The van der Waals surface area contributed by atoms with E-state index in [1.54, 1.807) is 30.3 Å². The molecular weight excluding hydrogens is 380 g/mol. The van der Waals surface area contributed by atoms with E-state index in [1.165, 1.54) is 27.7 Å². The summed E-state index contributed by atoms with van der Waals surface area (Å²) in [6, 6.07) is 11.3. The Kier molecular flexibility index (Phi) is 4.18. The van der Waals surface area contributed by atoms with Crippen LogP contribution in [0.4, 0.5) is 4.39 Å². The molecule has 9 heteroatoms. The molecule has 0 aliphatic carbocycles. The summed E-state index contributed by atoms with van der Waals surface area (Å²) in [7, 11) is 0. The second-order valence-corrected chi connectivity index (χ2v) is 6.37. The van der Waals surface area contributed by atoms with Gasteiger partial charge in [-0.1, -0.05) is 40.5 Å². The molecule has 0 aliphatic heterocycles. The highest BCUT2D eigenvalue weighted by Crippen LogP contribution is 2.20. The van der Waals surface area contributed by atoms with Gasteiger partial charge in [-0.05, 0) is 30.3 Å². The summed E-state index contributed by atoms with van der Waals surface area (Å²) in [4.78, 5) is 16.9. The lowest BCUT2D eigenvalue weighted by atomic mass is 10.2. The SMILES string of the molecule is O=c1c2nnn(-c3cccc(Cl)c3)c2ncn1Cc1c(F)cccc1Cl. The van der Waals surface area contributed by atoms with Gasteiger partial charge in [-0.2, -0.15) is 4.68 Å². The molecule has 0 atom stereocenters. The van der Waals surface area contributed by atoms with Crippen molar-refractivity contribution in [1.29, 1.82) is 0 Å². The largest absolute Gasteiger partial charge is 0.293 e. The van der Waals surface area contributed by atoms with Gasteiger partial charge >= 0.3 is 0 Å². The zero-order chi connectivity index (χ0) is 18.3. The van der Waals surface area contributed by atoms with E-state index in [0.717, 1.165) is 0 Å². The fraction of sp³-hybridized carbons (Fsp3) is 0.0588. The van der Waals surface area contributed by atoms with Crippen molar-refractivity contribution in [2.75, 3.05) is 0 Å². The van der Waals surface area contributed by atoms with Gasteiger partial charge in [0.2, 0.25) is 0 Å². The summed E-state index contributed by atoms with van der Waals surface area (Å²) in [5.41, 5.74) is 0.747. The number of hydrogen-bond donors (Lipinski definition) is 0. The molecule has 130 valence electrons. The van der Waals surface area contributed by atoms with Gasteiger partial charge in [0.25, 0.3) is 5.56 Å². The van der Waals surface area contributed by atoms with E-state index in [-0.39, 0.29) is 28.3 Å². The summed E-state index contributed by atoms with van der Waals surface area (Å²) in [6.45, 7) is -0.0582. The van der Waals surface area contributed by atoms with Crippen LogP contribution in [-0.2, 0) is 6.54 Å². The molecule has 0 saturated heterocycles. The van der Waals surface area contributed by atoms with E-state index in [4.69, 9.17) is 23.2 Å². The van der Waals surface area contributed by atoms with Gasteiger partial charge in [0.05, 0.1) is 12.2 Å². The van der Waals surface area contributed by atoms with E-state index < -0.39 is 11.4 Å². The molecule has 0 bridgehead atoms. The molecule has 4 rings (SSSR count). The first-order valence-corrected chi connectivity index (χ1v) is 8.30. The molecule has 0 amide bonds. The van der Waals surface area contributed by atoms with Crippen LogP contribution in [0, 0.1) is 5.82 Å². The first-order chi connectivity index (χ1) is 12.5. The maximum absolute atomic E-state index is 14.0. The molecule has 0 fully saturated rings. The highest BCUT2D eigenvalue weighted by molar-refractivity contribution is 6.31. The Bertz CT molecular complexity index is 1170. The Labute approximate surface area is 156 Å². The van der Waals surface area contributed by atoms with Crippen molar-refractivity contribution in [2.45, 2.75) is 6.54 Å². The Morgan fingerprint density at radius 2 is 1.92 bits per heavy atom. The third-order valence-electron chi connectivity index (χ3n) is 3.87. The lowest BCUT2D eigenvalue weighted by Crippen LogP contribution is -2.22. The molecule has 0 N–H and O–H groups in total. The van der Waals surface area contributed by atoms with Gasteiger partial charge in [-0.15, -0.1) is 5.10 Å². The Morgan fingerprint density at radius 1 is 1.12 bits per heavy atom. The van der Waals surface area contributed by atoms with E-state index in [1.807, 2.05) is 0 Å². The number of halogens is 3. The summed E-state index contributed by atoms with van der Waals surface area (Å²) >= 11 is 12.0. The van der Waals surface area contributed by atoms with E-state index in [9.17, 15) is 9.18 Å². The van der Waals surface area contributed by atoms with Gasteiger partial charge in [-0.3, -0.25) is 9.36 Å². The van der Waals surface area contributed by atoms with Crippen molar-refractivity contribution in [1.82, 2.24) is 24.5 Å². The number of fused-ring (bicyclic) bond motifs is 1. The average Bonchev–Trinajstić information content (AvgIpc) is 3.05. The van der Waals surface area contributed by atoms with Gasteiger partial charge in [0.1, 0.15) is 12.1 Å². The lowest BCUT2D eigenvalue weighted by molar-refractivity contribution is 0.595. The smallest absolute Gasteiger partial charge is 0.283 e. The Morgan fingerprint density at radius 3 is 2.69 bits per heavy atom. The lowest BCUT2D eigenvalue weighted by Gasteiger charge is -2.08. The molecule has 0 saturated carbocycles. The molecule has 6 nitrogen and oxygen atoms in total. The van der Waals surface area contributed by atoms with Crippen molar-refractivity contribution in [2.24, 2.45) is 0 Å². The normalized spacial score (nSPS) is 11.2.